The lowest BCUT2D eigenvalue weighted by Crippen LogP contribution is -1.99. The van der Waals surface area contributed by atoms with Gasteiger partial charge in [-0.05, 0) is 23.3 Å². The predicted octanol–water partition coefficient (Wildman–Crippen LogP) is 1.69. The van der Waals surface area contributed by atoms with Gasteiger partial charge in [-0.25, -0.2) is 0 Å². The molecular weight excluding hydrogens is 186 g/mol. The summed E-state index contributed by atoms with van der Waals surface area (Å²) in [6, 6.07) is 8.62. The fourth-order valence-corrected chi connectivity index (χ4v) is 2.02. The Morgan fingerprint density at radius 3 is 2.87 bits per heavy atom. The van der Waals surface area contributed by atoms with Gasteiger partial charge in [0.2, 0.25) is 0 Å². The normalized spacial score (nSPS) is 14.2. The first-order chi connectivity index (χ1) is 7.33. The topological polar surface area (TPSA) is 29.9 Å². The number of rotatable bonds is 1. The van der Waals surface area contributed by atoms with Crippen LogP contribution in [0.4, 0.5) is 0 Å². The molecule has 0 fully saturated rings. The van der Waals surface area contributed by atoms with Crippen molar-refractivity contribution in [2.45, 2.75) is 13.1 Å². The minimum Gasteiger partial charge on any atom is -0.309 e. The average molecular weight is 199 g/mol. The Balaban J connectivity index is 2.06. The van der Waals surface area contributed by atoms with E-state index in [0.29, 0.717) is 0 Å². The van der Waals surface area contributed by atoms with Crippen molar-refractivity contribution < 1.29 is 0 Å². The molecule has 1 aromatic carbocycles. The molecule has 0 unspecified atom stereocenters. The van der Waals surface area contributed by atoms with Gasteiger partial charge in [-0.2, -0.15) is 5.10 Å². The van der Waals surface area contributed by atoms with Crippen molar-refractivity contribution in [1.82, 2.24) is 15.1 Å². The molecule has 1 aliphatic heterocycles. The molecule has 1 aliphatic rings. The molecule has 3 heteroatoms. The number of aromatic nitrogens is 2. The van der Waals surface area contributed by atoms with Gasteiger partial charge >= 0.3 is 0 Å². The van der Waals surface area contributed by atoms with Gasteiger partial charge in [0.25, 0.3) is 0 Å². The molecule has 0 aliphatic carbocycles. The first-order valence-corrected chi connectivity index (χ1v) is 5.15. The summed E-state index contributed by atoms with van der Waals surface area (Å²) in [5.74, 6) is 0. The zero-order valence-electron chi connectivity index (χ0n) is 8.70. The summed E-state index contributed by atoms with van der Waals surface area (Å²) in [5.41, 5.74) is 5.07. The smallest absolute Gasteiger partial charge is 0.0923 e. The van der Waals surface area contributed by atoms with E-state index in [1.54, 1.807) is 0 Å². The van der Waals surface area contributed by atoms with Crippen molar-refractivity contribution in [2.75, 3.05) is 0 Å². The molecule has 0 radical (unpaired) electrons. The van der Waals surface area contributed by atoms with E-state index in [-0.39, 0.29) is 0 Å². The van der Waals surface area contributed by atoms with E-state index >= 15 is 0 Å². The van der Waals surface area contributed by atoms with Crippen LogP contribution in [0.3, 0.4) is 0 Å². The molecule has 0 saturated heterocycles. The van der Waals surface area contributed by atoms with Crippen LogP contribution in [0.15, 0.2) is 30.5 Å². The van der Waals surface area contributed by atoms with Crippen LogP contribution in [0, 0.1) is 0 Å². The summed E-state index contributed by atoms with van der Waals surface area (Å²) in [4.78, 5) is 0. The second-order valence-corrected chi connectivity index (χ2v) is 3.96. The Morgan fingerprint density at radius 2 is 2.07 bits per heavy atom. The van der Waals surface area contributed by atoms with Crippen molar-refractivity contribution in [3.63, 3.8) is 0 Å². The number of hydrogen-bond donors (Lipinski definition) is 1. The maximum Gasteiger partial charge on any atom is 0.0923 e. The molecule has 0 spiro atoms. The zero-order valence-corrected chi connectivity index (χ0v) is 8.70. The number of aryl methyl sites for hydroxylation is 1. The third kappa shape index (κ3) is 1.45. The molecule has 1 aromatic heterocycles. The van der Waals surface area contributed by atoms with Crippen molar-refractivity contribution in [3.05, 3.63) is 41.6 Å². The highest BCUT2D eigenvalue weighted by Crippen LogP contribution is 2.23. The minimum atomic E-state index is 0.982. The van der Waals surface area contributed by atoms with Crippen LogP contribution in [-0.2, 0) is 20.1 Å². The van der Waals surface area contributed by atoms with Crippen LogP contribution in [-0.4, -0.2) is 9.78 Å². The molecule has 76 valence electrons. The quantitative estimate of drug-likeness (QED) is 0.757. The summed E-state index contributed by atoms with van der Waals surface area (Å²) in [5, 5.41) is 7.75. The van der Waals surface area contributed by atoms with Gasteiger partial charge in [-0.3, -0.25) is 4.68 Å². The third-order valence-electron chi connectivity index (χ3n) is 2.85. The maximum atomic E-state index is 4.40. The van der Waals surface area contributed by atoms with Crippen LogP contribution in [0.5, 0.6) is 0 Å². The average Bonchev–Trinajstić information content (AvgIpc) is 2.84. The number of nitrogens with zero attached hydrogens (tertiary/aromatic N) is 2. The Hall–Kier alpha value is -1.61. The van der Waals surface area contributed by atoms with Crippen LogP contribution < -0.4 is 5.32 Å². The Kier molecular flexibility index (Phi) is 1.86. The van der Waals surface area contributed by atoms with E-state index in [9.17, 15) is 0 Å². The van der Waals surface area contributed by atoms with Crippen molar-refractivity contribution >= 4 is 0 Å². The van der Waals surface area contributed by atoms with Gasteiger partial charge < -0.3 is 5.32 Å². The van der Waals surface area contributed by atoms with Crippen molar-refractivity contribution in [1.29, 1.82) is 0 Å². The fourth-order valence-electron chi connectivity index (χ4n) is 2.02. The number of hydrogen-bond acceptors (Lipinski definition) is 2. The summed E-state index contributed by atoms with van der Waals surface area (Å²) in [7, 11) is 1.94. The van der Waals surface area contributed by atoms with Gasteiger partial charge in [0.15, 0.2) is 0 Å². The lowest BCUT2D eigenvalue weighted by atomic mass is 10.0. The van der Waals surface area contributed by atoms with Gasteiger partial charge in [-0.1, -0.05) is 12.1 Å². The second-order valence-electron chi connectivity index (χ2n) is 3.96. The van der Waals surface area contributed by atoms with Gasteiger partial charge in [0.1, 0.15) is 0 Å². The van der Waals surface area contributed by atoms with E-state index in [1.807, 2.05) is 24.0 Å². The van der Waals surface area contributed by atoms with Crippen LogP contribution in [0.2, 0.25) is 0 Å². The van der Waals surface area contributed by atoms with Crippen LogP contribution >= 0.6 is 0 Å². The Bertz CT molecular complexity index is 499. The largest absolute Gasteiger partial charge is 0.309 e. The van der Waals surface area contributed by atoms with E-state index < -0.39 is 0 Å². The van der Waals surface area contributed by atoms with Gasteiger partial charge in [0, 0.05) is 31.9 Å². The first-order valence-electron chi connectivity index (χ1n) is 5.15. The Morgan fingerprint density at radius 1 is 1.20 bits per heavy atom. The molecule has 3 rings (SSSR count). The summed E-state index contributed by atoms with van der Waals surface area (Å²) in [6.45, 7) is 1.98. The lowest BCUT2D eigenvalue weighted by Gasteiger charge is -2.01. The summed E-state index contributed by atoms with van der Waals surface area (Å²) < 4.78 is 1.83. The van der Waals surface area contributed by atoms with Gasteiger partial charge in [-0.15, -0.1) is 0 Å². The molecule has 0 bridgehead atoms. The predicted molar refractivity (Wildman–Crippen MR) is 59.2 cm³/mol. The number of benzene rings is 1. The fraction of sp³-hybridized carbons (Fsp3) is 0.250. The van der Waals surface area contributed by atoms with E-state index in [0.717, 1.165) is 18.8 Å². The standard InChI is InChI=1S/C12H13N3/c1-15-5-4-12(14-15)9-2-3-10-7-13-8-11(10)6-9/h2-6,13H,7-8H2,1H3. The summed E-state index contributed by atoms with van der Waals surface area (Å²) in [6.07, 6.45) is 1.97. The lowest BCUT2D eigenvalue weighted by molar-refractivity contribution is 0.764. The van der Waals surface area contributed by atoms with E-state index in [1.165, 1.54) is 16.7 Å². The third-order valence-corrected chi connectivity index (χ3v) is 2.85. The molecule has 0 amide bonds. The first kappa shape index (κ1) is 8.68. The maximum absolute atomic E-state index is 4.40. The highest BCUT2D eigenvalue weighted by molar-refractivity contribution is 5.61. The molecule has 0 atom stereocenters. The van der Waals surface area contributed by atoms with Crippen LogP contribution in [0.25, 0.3) is 11.3 Å². The number of nitrogens with one attached hydrogen (secondary N) is 1. The summed E-state index contributed by atoms with van der Waals surface area (Å²) >= 11 is 0. The number of fused-ring (bicyclic) bond motifs is 1. The molecule has 2 aromatic rings. The molecule has 1 N–H and O–H groups in total. The van der Waals surface area contributed by atoms with E-state index in [2.05, 4.69) is 28.6 Å². The molecule has 2 heterocycles. The Labute approximate surface area is 88.7 Å². The van der Waals surface area contributed by atoms with Crippen LogP contribution in [0.1, 0.15) is 11.1 Å². The highest BCUT2D eigenvalue weighted by atomic mass is 15.2. The van der Waals surface area contributed by atoms with Crippen molar-refractivity contribution in [2.24, 2.45) is 7.05 Å². The second kappa shape index (κ2) is 3.21. The van der Waals surface area contributed by atoms with Gasteiger partial charge in [0.05, 0.1) is 5.69 Å². The molecule has 0 saturated carbocycles. The molecule has 15 heavy (non-hydrogen) atoms. The minimum absolute atomic E-state index is 0.982. The monoisotopic (exact) mass is 199 g/mol. The highest BCUT2D eigenvalue weighted by Gasteiger charge is 2.11. The SMILES string of the molecule is Cn1ccc(-c2ccc3c(c2)CNC3)n1. The zero-order chi connectivity index (χ0) is 10.3. The van der Waals surface area contributed by atoms with Crippen molar-refractivity contribution in [3.8, 4) is 11.3 Å². The van der Waals surface area contributed by atoms with E-state index in [4.69, 9.17) is 0 Å². The molecule has 3 nitrogen and oxygen atoms in total. The molecular formula is C12H13N3.